The van der Waals surface area contributed by atoms with Gasteiger partial charge in [-0.1, -0.05) is 30.9 Å². The van der Waals surface area contributed by atoms with E-state index in [0.29, 0.717) is 5.82 Å². The van der Waals surface area contributed by atoms with Gasteiger partial charge in [-0.2, -0.15) is 0 Å². The third kappa shape index (κ3) is 7.16. The average Bonchev–Trinajstić information content (AvgIpc) is 2.41. The largest absolute Gasteiger partial charge is 0.496 e. The fourth-order valence-electron chi connectivity index (χ4n) is 1.44. The van der Waals surface area contributed by atoms with Crippen LogP contribution in [0.2, 0.25) is 0 Å². The van der Waals surface area contributed by atoms with Gasteiger partial charge in [-0.3, -0.25) is 0 Å². The number of allylic oxidation sites excluding steroid dienone is 6. The smallest absolute Gasteiger partial charge is 0.130 e. The van der Waals surface area contributed by atoms with Crippen molar-refractivity contribution in [1.82, 2.24) is 5.32 Å². The first-order valence-electron chi connectivity index (χ1n) is 6.73. The molecule has 0 radical (unpaired) electrons. The molecule has 0 bridgehead atoms. The SMILES string of the molecule is C=C/C(=C\C(OC)=C(/C)C(=C)C)NC(=C/C(=C)C)/N=C\C. The number of methoxy groups -OCH3 is 1. The fraction of sp³-hybridized carbons (Fsp3) is 0.278. The van der Waals surface area contributed by atoms with Gasteiger partial charge in [0.15, 0.2) is 0 Å². The quantitative estimate of drug-likeness (QED) is 0.400. The summed E-state index contributed by atoms with van der Waals surface area (Å²) in [5, 5.41) is 3.20. The summed E-state index contributed by atoms with van der Waals surface area (Å²) in [4.78, 5) is 4.27. The molecule has 3 heteroatoms. The minimum absolute atomic E-state index is 0.694. The summed E-state index contributed by atoms with van der Waals surface area (Å²) >= 11 is 0. The molecule has 114 valence electrons. The third-order valence-electron chi connectivity index (χ3n) is 2.66. The number of nitrogens with zero attached hydrogens (tertiary/aromatic N) is 1. The molecule has 0 amide bonds. The molecule has 0 spiro atoms. The molecule has 0 fully saturated rings. The predicted octanol–water partition coefficient (Wildman–Crippen LogP) is 4.65. The van der Waals surface area contributed by atoms with Gasteiger partial charge < -0.3 is 10.1 Å². The molecule has 0 saturated carbocycles. The number of ether oxygens (including phenoxy) is 1. The summed E-state index contributed by atoms with van der Waals surface area (Å²) in [6.45, 7) is 19.3. The number of hydrogen-bond donors (Lipinski definition) is 1. The molecule has 0 aliphatic carbocycles. The Morgan fingerprint density at radius 2 is 1.76 bits per heavy atom. The lowest BCUT2D eigenvalue weighted by Gasteiger charge is -2.11. The normalized spacial score (nSPS) is 13.8. The summed E-state index contributed by atoms with van der Waals surface area (Å²) in [7, 11) is 1.63. The van der Waals surface area contributed by atoms with E-state index in [1.54, 1.807) is 19.4 Å². The van der Waals surface area contributed by atoms with Crippen LogP contribution >= 0.6 is 0 Å². The summed E-state index contributed by atoms with van der Waals surface area (Å²) in [6, 6.07) is 0. The van der Waals surface area contributed by atoms with Crippen molar-refractivity contribution in [1.29, 1.82) is 0 Å². The fourth-order valence-corrected chi connectivity index (χ4v) is 1.44. The molecule has 0 aliphatic rings. The van der Waals surface area contributed by atoms with Gasteiger partial charge in [0, 0.05) is 18.0 Å². The van der Waals surface area contributed by atoms with E-state index in [1.165, 1.54) is 0 Å². The van der Waals surface area contributed by atoms with Crippen molar-refractivity contribution in [3.8, 4) is 0 Å². The molecule has 0 aliphatic heterocycles. The van der Waals surface area contributed by atoms with Crippen LogP contribution in [0.4, 0.5) is 0 Å². The molecule has 0 aromatic carbocycles. The van der Waals surface area contributed by atoms with Gasteiger partial charge in [0.2, 0.25) is 0 Å². The topological polar surface area (TPSA) is 33.6 Å². The van der Waals surface area contributed by atoms with Gasteiger partial charge in [-0.05, 0) is 45.4 Å². The van der Waals surface area contributed by atoms with Crippen molar-refractivity contribution >= 4 is 6.21 Å². The standard InChI is InChI=1S/C18H26N2O/c1-9-16(12-17(21-8)15(7)14(5)6)20-18(19-10-2)11-13(3)4/h9-12,20H,1,3,5H2,2,4,6-8H3/b16-12+,17-15-,18-11+,19-10-. The second kappa shape index (κ2) is 9.59. The van der Waals surface area contributed by atoms with E-state index in [9.17, 15) is 0 Å². The minimum atomic E-state index is 0.694. The summed E-state index contributed by atoms with van der Waals surface area (Å²) in [5.74, 6) is 1.43. The lowest BCUT2D eigenvalue weighted by Crippen LogP contribution is -2.11. The van der Waals surface area contributed by atoms with E-state index >= 15 is 0 Å². The van der Waals surface area contributed by atoms with E-state index in [-0.39, 0.29) is 0 Å². The maximum absolute atomic E-state index is 5.41. The van der Waals surface area contributed by atoms with E-state index in [0.717, 1.165) is 28.2 Å². The molecule has 0 aromatic rings. The Balaban J connectivity index is 5.55. The van der Waals surface area contributed by atoms with Crippen LogP contribution in [0, 0.1) is 0 Å². The van der Waals surface area contributed by atoms with E-state index < -0.39 is 0 Å². The Morgan fingerprint density at radius 1 is 1.14 bits per heavy atom. The second-order valence-corrected chi connectivity index (χ2v) is 4.67. The Morgan fingerprint density at radius 3 is 2.14 bits per heavy atom. The molecule has 0 aromatic heterocycles. The lowest BCUT2D eigenvalue weighted by atomic mass is 10.1. The third-order valence-corrected chi connectivity index (χ3v) is 2.66. The summed E-state index contributed by atoms with van der Waals surface area (Å²) in [6.07, 6.45) is 7.16. The average molecular weight is 286 g/mol. The molecule has 0 heterocycles. The molecule has 0 atom stereocenters. The van der Waals surface area contributed by atoms with E-state index in [1.807, 2.05) is 39.8 Å². The molecular weight excluding hydrogens is 260 g/mol. The van der Waals surface area contributed by atoms with Crippen LogP contribution in [0.3, 0.4) is 0 Å². The monoisotopic (exact) mass is 286 g/mol. The van der Waals surface area contributed by atoms with Crippen molar-refractivity contribution < 1.29 is 4.74 Å². The number of aliphatic imine (C=N–C) groups is 1. The minimum Gasteiger partial charge on any atom is -0.496 e. The van der Waals surface area contributed by atoms with Gasteiger partial charge in [0.05, 0.1) is 7.11 Å². The van der Waals surface area contributed by atoms with Gasteiger partial charge in [0.1, 0.15) is 11.6 Å². The highest BCUT2D eigenvalue weighted by atomic mass is 16.5. The highest BCUT2D eigenvalue weighted by Gasteiger charge is 2.03. The Kier molecular flexibility index (Phi) is 8.54. The van der Waals surface area contributed by atoms with Gasteiger partial charge in [-0.15, -0.1) is 0 Å². The molecule has 0 rings (SSSR count). The number of nitrogens with one attached hydrogen (secondary N) is 1. The van der Waals surface area contributed by atoms with Crippen molar-refractivity contribution in [3.05, 3.63) is 72.0 Å². The van der Waals surface area contributed by atoms with Crippen LogP contribution in [0.1, 0.15) is 27.7 Å². The number of rotatable bonds is 8. The first-order valence-corrected chi connectivity index (χ1v) is 6.73. The zero-order valence-electron chi connectivity index (χ0n) is 13.8. The first kappa shape index (κ1) is 18.7. The highest BCUT2D eigenvalue weighted by Crippen LogP contribution is 2.16. The van der Waals surface area contributed by atoms with Crippen LogP contribution in [0.15, 0.2) is 77.0 Å². The maximum atomic E-state index is 5.41. The molecule has 21 heavy (non-hydrogen) atoms. The highest BCUT2D eigenvalue weighted by molar-refractivity contribution is 5.55. The van der Waals surface area contributed by atoms with Gasteiger partial charge >= 0.3 is 0 Å². The van der Waals surface area contributed by atoms with Crippen LogP contribution in [-0.2, 0) is 4.74 Å². The first-order chi connectivity index (χ1) is 9.85. The molecule has 3 nitrogen and oxygen atoms in total. The van der Waals surface area contributed by atoms with Crippen molar-refractivity contribution in [2.75, 3.05) is 7.11 Å². The lowest BCUT2D eigenvalue weighted by molar-refractivity contribution is 0.302. The van der Waals surface area contributed by atoms with Gasteiger partial charge in [-0.25, -0.2) is 4.99 Å². The molecule has 1 N–H and O–H groups in total. The van der Waals surface area contributed by atoms with E-state index in [4.69, 9.17) is 4.74 Å². The zero-order chi connectivity index (χ0) is 16.4. The molecule has 0 unspecified atom stereocenters. The maximum Gasteiger partial charge on any atom is 0.130 e. The second-order valence-electron chi connectivity index (χ2n) is 4.67. The van der Waals surface area contributed by atoms with Crippen LogP contribution in [-0.4, -0.2) is 13.3 Å². The number of hydrogen-bond acceptors (Lipinski definition) is 3. The molecule has 0 saturated heterocycles. The summed E-state index contributed by atoms with van der Waals surface area (Å²) < 4.78 is 5.41. The van der Waals surface area contributed by atoms with Crippen LogP contribution in [0.25, 0.3) is 0 Å². The Labute approximate surface area is 128 Å². The summed E-state index contributed by atoms with van der Waals surface area (Å²) in [5.41, 5.74) is 3.64. The van der Waals surface area contributed by atoms with Crippen LogP contribution < -0.4 is 5.32 Å². The Bertz CT molecular complexity index is 531. The van der Waals surface area contributed by atoms with Crippen molar-refractivity contribution in [2.45, 2.75) is 27.7 Å². The Hall–Kier alpha value is -2.29. The van der Waals surface area contributed by atoms with Crippen molar-refractivity contribution in [2.24, 2.45) is 4.99 Å². The van der Waals surface area contributed by atoms with E-state index in [2.05, 4.69) is 30.0 Å². The molecular formula is C18H26N2O. The zero-order valence-corrected chi connectivity index (χ0v) is 13.8. The van der Waals surface area contributed by atoms with Crippen molar-refractivity contribution in [3.63, 3.8) is 0 Å². The van der Waals surface area contributed by atoms with Gasteiger partial charge in [0.25, 0.3) is 0 Å². The van der Waals surface area contributed by atoms with Crippen LogP contribution in [0.5, 0.6) is 0 Å². The predicted molar refractivity (Wildman–Crippen MR) is 93.0 cm³/mol.